The van der Waals surface area contributed by atoms with Crippen LogP contribution in [0.5, 0.6) is 5.75 Å². The van der Waals surface area contributed by atoms with Gasteiger partial charge in [0.05, 0.1) is 26.4 Å². The molecule has 0 aliphatic carbocycles. The number of hydrogen-bond donors (Lipinski definition) is 6. The number of phenolic OH excluding ortho intramolecular Hbond substituents is 1. The summed E-state index contributed by atoms with van der Waals surface area (Å²) in [7, 11) is 0. The van der Waals surface area contributed by atoms with Crippen molar-refractivity contribution in [1.82, 2.24) is 25.6 Å². The highest BCUT2D eigenvalue weighted by molar-refractivity contribution is 6.30. The topological polar surface area (TPSA) is 155 Å². The average molecular weight is 695 g/mol. The highest BCUT2D eigenvalue weighted by Crippen LogP contribution is 2.22. The first-order valence-electron chi connectivity index (χ1n) is 16.0. The number of halogens is 1. The number of rotatable bonds is 19. The van der Waals surface area contributed by atoms with Crippen LogP contribution in [0.3, 0.4) is 0 Å². The van der Waals surface area contributed by atoms with E-state index in [0.29, 0.717) is 80.2 Å². The molecule has 0 spiro atoms. The number of ether oxygens (including phenoxy) is 2. The fraction of sp³-hybridized carbons (Fsp3) is 0.189. The Hall–Kier alpha value is -5.69. The molecule has 0 aliphatic heterocycles. The second kappa shape index (κ2) is 18.7. The first-order valence-corrected chi connectivity index (χ1v) is 16.4. The molecule has 0 radical (unpaired) electrons. The lowest BCUT2D eigenvalue weighted by atomic mass is 10.1. The third kappa shape index (κ3) is 11.8. The number of nitrogens with one attached hydrogen (secondary N) is 5. The summed E-state index contributed by atoms with van der Waals surface area (Å²) in [4.78, 5) is 25.6. The van der Waals surface area contributed by atoms with E-state index in [2.05, 4.69) is 48.1 Å². The summed E-state index contributed by atoms with van der Waals surface area (Å²) in [5.74, 6) is 0.991. The maximum absolute atomic E-state index is 12.1. The Balaban J connectivity index is 1.09. The number of phenols is 1. The predicted octanol–water partition coefficient (Wildman–Crippen LogP) is 6.35. The van der Waals surface area contributed by atoms with Crippen LogP contribution in [0.2, 0.25) is 5.02 Å². The summed E-state index contributed by atoms with van der Waals surface area (Å²) in [5.41, 5.74) is 4.86. The summed E-state index contributed by atoms with van der Waals surface area (Å²) in [5, 5.41) is 26.1. The van der Waals surface area contributed by atoms with Gasteiger partial charge < -0.3 is 41.2 Å². The van der Waals surface area contributed by atoms with E-state index < -0.39 is 0 Å². The molecule has 0 bridgehead atoms. The minimum Gasteiger partial charge on any atom is -0.508 e. The van der Waals surface area contributed by atoms with Crippen molar-refractivity contribution in [3.63, 3.8) is 0 Å². The number of nitrogens with zero attached hydrogens (tertiary/aromatic N) is 3. The maximum atomic E-state index is 12.1. The monoisotopic (exact) mass is 694 g/mol. The van der Waals surface area contributed by atoms with Gasteiger partial charge in [0.1, 0.15) is 5.75 Å². The van der Waals surface area contributed by atoms with E-state index in [4.69, 9.17) is 21.1 Å². The van der Waals surface area contributed by atoms with Gasteiger partial charge in [-0.1, -0.05) is 60.6 Å². The fourth-order valence-electron chi connectivity index (χ4n) is 4.57. The normalized spacial score (nSPS) is 10.7. The second-order valence-electron chi connectivity index (χ2n) is 10.9. The molecule has 5 aromatic rings. The van der Waals surface area contributed by atoms with Gasteiger partial charge in [-0.3, -0.25) is 4.79 Å². The fourth-order valence-corrected chi connectivity index (χ4v) is 4.78. The molecule has 0 atom stereocenters. The molecule has 6 N–H and O–H groups in total. The molecule has 258 valence electrons. The lowest BCUT2D eigenvalue weighted by Gasteiger charge is -2.13. The van der Waals surface area contributed by atoms with Crippen LogP contribution in [0, 0.1) is 0 Å². The zero-order valence-corrected chi connectivity index (χ0v) is 28.1. The molecule has 5 rings (SSSR count). The smallest absolute Gasteiger partial charge is 0.251 e. The van der Waals surface area contributed by atoms with Gasteiger partial charge in [-0.2, -0.15) is 15.0 Å². The average Bonchev–Trinajstić information content (AvgIpc) is 3.13. The number of carbonyl (C=O) groups excluding carboxylic acids is 1. The molecule has 12 nitrogen and oxygen atoms in total. The van der Waals surface area contributed by atoms with Crippen molar-refractivity contribution in [2.24, 2.45) is 0 Å². The standard InChI is InChI=1S/C37H39ClN8O4/c1-26(41-25-27-6-5-9-30(38)24-27)28-10-12-31(13-11-28)42-36-44-35(45-37(46-36)43-32-14-16-33(47)17-15-32)40-19-21-50-23-22-49-20-18-39-34(48)29-7-3-2-4-8-29/h2-17,24,41,47H,1,18-23,25H2,(H,39,48)(H3,40,42,43,44,45,46). The van der Waals surface area contributed by atoms with Gasteiger partial charge in [0.2, 0.25) is 17.8 Å². The highest BCUT2D eigenvalue weighted by Gasteiger charge is 2.09. The van der Waals surface area contributed by atoms with E-state index >= 15 is 0 Å². The molecular weight excluding hydrogens is 656 g/mol. The molecule has 1 aromatic heterocycles. The predicted molar refractivity (Wildman–Crippen MR) is 197 cm³/mol. The summed E-state index contributed by atoms with van der Waals surface area (Å²) >= 11 is 6.10. The molecular formula is C37H39ClN8O4. The first-order chi connectivity index (χ1) is 24.4. The molecule has 0 saturated heterocycles. The number of aromatic hydroxyl groups is 1. The third-order valence-corrected chi connectivity index (χ3v) is 7.35. The number of aromatic nitrogens is 3. The Morgan fingerprint density at radius 3 is 1.96 bits per heavy atom. The minimum absolute atomic E-state index is 0.131. The van der Waals surface area contributed by atoms with Crippen LogP contribution in [0.25, 0.3) is 5.70 Å². The Labute approximate surface area is 296 Å². The van der Waals surface area contributed by atoms with Crippen molar-refractivity contribution >= 4 is 52.4 Å². The quantitative estimate of drug-likeness (QED) is 0.0423. The molecule has 0 aliphatic rings. The van der Waals surface area contributed by atoms with E-state index in [9.17, 15) is 9.90 Å². The molecule has 0 saturated carbocycles. The lowest BCUT2D eigenvalue weighted by molar-refractivity contribution is 0.0519. The van der Waals surface area contributed by atoms with Gasteiger partial charge in [0, 0.05) is 47.3 Å². The van der Waals surface area contributed by atoms with Crippen molar-refractivity contribution < 1.29 is 19.4 Å². The summed E-state index contributed by atoms with van der Waals surface area (Å²) in [6.45, 7) is 7.18. The van der Waals surface area contributed by atoms with Crippen LogP contribution in [0.1, 0.15) is 21.5 Å². The number of amides is 1. The van der Waals surface area contributed by atoms with E-state index in [1.807, 2.05) is 66.7 Å². The van der Waals surface area contributed by atoms with E-state index in [1.165, 1.54) is 0 Å². The Kier molecular flexibility index (Phi) is 13.4. The maximum Gasteiger partial charge on any atom is 0.251 e. The van der Waals surface area contributed by atoms with Gasteiger partial charge in [0.25, 0.3) is 5.91 Å². The van der Waals surface area contributed by atoms with Crippen molar-refractivity contribution in [3.05, 3.63) is 131 Å². The third-order valence-electron chi connectivity index (χ3n) is 7.11. The number of hydrogen-bond acceptors (Lipinski definition) is 11. The van der Waals surface area contributed by atoms with Crippen LogP contribution in [-0.4, -0.2) is 65.5 Å². The van der Waals surface area contributed by atoms with Crippen LogP contribution in [-0.2, 0) is 16.0 Å². The zero-order valence-electron chi connectivity index (χ0n) is 27.4. The Bertz CT molecular complexity index is 1830. The summed E-state index contributed by atoms with van der Waals surface area (Å²) in [6.07, 6.45) is 0. The Morgan fingerprint density at radius 2 is 1.30 bits per heavy atom. The number of benzene rings is 4. The van der Waals surface area contributed by atoms with Crippen LogP contribution in [0.15, 0.2) is 110 Å². The zero-order chi connectivity index (χ0) is 35.0. The molecule has 0 fully saturated rings. The largest absolute Gasteiger partial charge is 0.508 e. The summed E-state index contributed by atoms with van der Waals surface area (Å²) < 4.78 is 11.2. The van der Waals surface area contributed by atoms with Crippen molar-refractivity contribution in [2.75, 3.05) is 55.5 Å². The lowest BCUT2D eigenvalue weighted by Crippen LogP contribution is -2.27. The highest BCUT2D eigenvalue weighted by atomic mass is 35.5. The van der Waals surface area contributed by atoms with Crippen LogP contribution >= 0.6 is 11.6 Å². The van der Waals surface area contributed by atoms with Gasteiger partial charge in [0.15, 0.2) is 0 Å². The molecule has 1 heterocycles. The van der Waals surface area contributed by atoms with E-state index in [0.717, 1.165) is 22.5 Å². The van der Waals surface area contributed by atoms with Gasteiger partial charge in [-0.15, -0.1) is 0 Å². The van der Waals surface area contributed by atoms with Gasteiger partial charge in [-0.25, -0.2) is 0 Å². The molecule has 4 aromatic carbocycles. The minimum atomic E-state index is -0.131. The van der Waals surface area contributed by atoms with Gasteiger partial charge in [-0.05, 0) is 71.8 Å². The molecule has 0 unspecified atom stereocenters. The first kappa shape index (κ1) is 35.6. The molecule has 13 heteroatoms. The van der Waals surface area contributed by atoms with Gasteiger partial charge >= 0.3 is 0 Å². The van der Waals surface area contributed by atoms with Crippen LogP contribution < -0.4 is 26.6 Å². The second-order valence-corrected chi connectivity index (χ2v) is 11.4. The van der Waals surface area contributed by atoms with Crippen LogP contribution in [0.4, 0.5) is 29.2 Å². The van der Waals surface area contributed by atoms with Crippen molar-refractivity contribution in [3.8, 4) is 5.75 Å². The number of carbonyl (C=O) groups is 1. The Morgan fingerprint density at radius 1 is 0.680 bits per heavy atom. The molecule has 50 heavy (non-hydrogen) atoms. The SMILES string of the molecule is C=C(NCc1cccc(Cl)c1)c1ccc(Nc2nc(NCCOCCOCCNC(=O)c3ccccc3)nc(Nc3ccc(O)cc3)n2)cc1. The van der Waals surface area contributed by atoms with E-state index in [-0.39, 0.29) is 11.7 Å². The summed E-state index contributed by atoms with van der Waals surface area (Å²) in [6, 6.07) is 31.0. The molecule has 1 amide bonds. The van der Waals surface area contributed by atoms with Crippen molar-refractivity contribution in [2.45, 2.75) is 6.54 Å². The number of anilines is 5. The van der Waals surface area contributed by atoms with Crippen molar-refractivity contribution in [1.29, 1.82) is 0 Å². The van der Waals surface area contributed by atoms with E-state index in [1.54, 1.807) is 36.4 Å².